The number of hydrogen-bond donors (Lipinski definition) is 2. The second kappa shape index (κ2) is 13.4. The van der Waals surface area contributed by atoms with Gasteiger partial charge in [0, 0.05) is 24.4 Å². The Balaban J connectivity index is 0.000000493. The third kappa shape index (κ3) is 7.32. The topological polar surface area (TPSA) is 133 Å². The maximum absolute atomic E-state index is 11.2. The van der Waals surface area contributed by atoms with E-state index in [0.717, 1.165) is 78.3 Å². The van der Waals surface area contributed by atoms with Crippen molar-refractivity contribution in [3.8, 4) is 0 Å². The van der Waals surface area contributed by atoms with E-state index in [1.807, 2.05) is 58.1 Å². The lowest BCUT2D eigenvalue weighted by Gasteiger charge is -2.31. The first-order chi connectivity index (χ1) is 21.1. The summed E-state index contributed by atoms with van der Waals surface area (Å²) in [4.78, 5) is 34.3. The van der Waals surface area contributed by atoms with Crippen molar-refractivity contribution in [1.29, 1.82) is 0 Å². The van der Waals surface area contributed by atoms with Crippen molar-refractivity contribution >= 4 is 46.3 Å². The van der Waals surface area contributed by atoms with Gasteiger partial charge < -0.3 is 19.8 Å². The van der Waals surface area contributed by atoms with E-state index in [4.69, 9.17) is 29.7 Å². The van der Waals surface area contributed by atoms with E-state index in [1.54, 1.807) is 0 Å². The molecule has 0 aliphatic carbocycles. The number of hydrogen-bond acceptors (Lipinski definition) is 8. The molecule has 2 aliphatic heterocycles. The minimum atomic E-state index is -5.08. The fourth-order valence-electron chi connectivity index (χ4n) is 5.42. The van der Waals surface area contributed by atoms with Crippen molar-refractivity contribution in [2.45, 2.75) is 24.9 Å². The van der Waals surface area contributed by atoms with Gasteiger partial charge in [-0.05, 0) is 56.3 Å². The summed E-state index contributed by atoms with van der Waals surface area (Å²) in [5.74, 6) is -3.30. The number of carbonyl (C=O) groups is 2. The maximum atomic E-state index is 11.2. The maximum Gasteiger partial charge on any atom is 0.490 e. The zero-order valence-corrected chi connectivity index (χ0v) is 23.7. The predicted molar refractivity (Wildman–Crippen MR) is 156 cm³/mol. The number of carboxylic acids is 2. The molecule has 5 heterocycles. The molecule has 0 bridgehead atoms. The Hall–Kier alpha value is -4.56. The molecule has 2 fully saturated rings. The molecule has 1 aromatic carbocycles. The van der Waals surface area contributed by atoms with Crippen LogP contribution in [0.15, 0.2) is 48.7 Å². The summed E-state index contributed by atoms with van der Waals surface area (Å²) in [6.45, 7) is 4.60. The Kier molecular flexibility index (Phi) is 9.40. The zero-order valence-electron chi connectivity index (χ0n) is 23.7. The van der Waals surface area contributed by atoms with Crippen LogP contribution in [0.2, 0.25) is 0 Å². The second-order valence-electron chi connectivity index (χ2n) is 10.4. The number of likely N-dealkylation sites (tertiary alicyclic amines) is 1. The molecule has 14 heteroatoms. The van der Waals surface area contributed by atoms with Crippen molar-refractivity contribution in [2.75, 3.05) is 50.8 Å². The van der Waals surface area contributed by atoms with Crippen LogP contribution in [0.1, 0.15) is 35.8 Å². The van der Waals surface area contributed by atoms with Gasteiger partial charge in [0.25, 0.3) is 0 Å². The van der Waals surface area contributed by atoms with E-state index in [-0.39, 0.29) is 12.5 Å². The predicted octanol–water partition coefficient (Wildman–Crippen LogP) is 4.18. The molecule has 11 nitrogen and oxygen atoms in total. The first-order valence-corrected chi connectivity index (χ1v) is 14.1. The largest absolute Gasteiger partial charge is 0.490 e. The van der Waals surface area contributed by atoms with Crippen LogP contribution in [-0.2, 0) is 14.3 Å². The molecule has 232 valence electrons. The summed E-state index contributed by atoms with van der Waals surface area (Å²) in [5.41, 5.74) is 5.71. The molecule has 4 aromatic rings. The molecule has 2 N–H and O–H groups in total. The van der Waals surface area contributed by atoms with Gasteiger partial charge in [-0.2, -0.15) is 18.3 Å². The molecule has 0 spiro atoms. The lowest BCUT2D eigenvalue weighted by Crippen LogP contribution is -2.37. The molecular formula is C30H31F3N6O5. The number of alkyl halides is 3. The molecule has 2 saturated heterocycles. The van der Waals surface area contributed by atoms with E-state index in [1.165, 1.54) is 0 Å². The van der Waals surface area contributed by atoms with Crippen molar-refractivity contribution in [2.24, 2.45) is 0 Å². The second-order valence-corrected chi connectivity index (χ2v) is 10.4. The highest BCUT2D eigenvalue weighted by Gasteiger charge is 2.38. The van der Waals surface area contributed by atoms with Gasteiger partial charge in [0.15, 0.2) is 5.65 Å². The molecule has 0 amide bonds. The van der Waals surface area contributed by atoms with Crippen LogP contribution in [0.25, 0.3) is 28.7 Å². The van der Waals surface area contributed by atoms with Crippen LogP contribution in [0.5, 0.6) is 0 Å². The third-order valence-corrected chi connectivity index (χ3v) is 7.52. The monoisotopic (exact) mass is 612 g/mol. The highest BCUT2D eigenvalue weighted by molar-refractivity contribution is 5.81. The number of imidazole rings is 1. The normalized spacial score (nSPS) is 16.8. The van der Waals surface area contributed by atoms with Crippen LogP contribution in [-0.4, -0.2) is 98.7 Å². The van der Waals surface area contributed by atoms with Crippen molar-refractivity contribution in [1.82, 2.24) is 24.5 Å². The summed E-state index contributed by atoms with van der Waals surface area (Å²) >= 11 is 0. The number of pyridine rings is 1. The number of aliphatic carboxylic acids is 2. The minimum absolute atomic E-state index is 0.0830. The molecule has 6 rings (SSSR count). The first kappa shape index (κ1) is 30.9. The van der Waals surface area contributed by atoms with Crippen LogP contribution in [0, 0.1) is 0 Å². The number of para-hydroxylation sites is 1. The van der Waals surface area contributed by atoms with Gasteiger partial charge in [0.05, 0.1) is 54.2 Å². The Morgan fingerprint density at radius 1 is 0.955 bits per heavy atom. The SMILES string of the molecule is O=C(O)C(F)(F)F.O=C(O)CN1CCC(c2c(C=Cc3ccc4ccccc4n3)nc3c(N4CCOCC4)ccnn23)CC1. The number of aromatic nitrogens is 4. The standard InChI is InChI=1S/C28H30N6O3.C2HF3O2/c35-26(36)19-32-13-10-21(11-14-32)27-24(8-7-22-6-5-20-3-1-2-4-23(20)30-22)31-28-25(9-12-29-34(27)28)33-15-17-37-18-16-33;3-2(4,5)1(6)7/h1-9,12,21H,10-11,13-19H2,(H,35,36);(H,6,7). The number of ether oxygens (including phenoxy) is 1. The summed E-state index contributed by atoms with van der Waals surface area (Å²) in [6.07, 6.45) is 2.56. The molecule has 0 unspecified atom stereocenters. The molecular weight excluding hydrogens is 581 g/mol. The fourth-order valence-corrected chi connectivity index (χ4v) is 5.42. The molecule has 0 radical (unpaired) electrons. The Morgan fingerprint density at radius 3 is 2.34 bits per heavy atom. The van der Waals surface area contributed by atoms with Crippen LogP contribution < -0.4 is 4.90 Å². The van der Waals surface area contributed by atoms with E-state index in [0.29, 0.717) is 13.2 Å². The molecule has 0 atom stereocenters. The third-order valence-electron chi connectivity index (χ3n) is 7.52. The number of carboxylic acid groups (broad SMARTS) is 2. The number of piperidine rings is 1. The molecule has 2 aliphatic rings. The summed E-state index contributed by atoms with van der Waals surface area (Å²) in [6, 6.07) is 14.2. The van der Waals surface area contributed by atoms with E-state index in [2.05, 4.69) is 17.0 Å². The van der Waals surface area contributed by atoms with Gasteiger partial charge in [-0.1, -0.05) is 24.3 Å². The summed E-state index contributed by atoms with van der Waals surface area (Å²) < 4.78 is 39.3. The Labute approximate surface area is 250 Å². The number of nitrogens with zero attached hydrogens (tertiary/aromatic N) is 6. The average Bonchev–Trinajstić information content (AvgIpc) is 3.39. The van der Waals surface area contributed by atoms with Crippen LogP contribution in [0.3, 0.4) is 0 Å². The number of morpholine rings is 1. The number of benzene rings is 1. The average molecular weight is 613 g/mol. The van der Waals surface area contributed by atoms with Gasteiger partial charge >= 0.3 is 18.1 Å². The number of rotatable bonds is 6. The van der Waals surface area contributed by atoms with Gasteiger partial charge in [0.2, 0.25) is 0 Å². The zero-order chi connectivity index (χ0) is 31.3. The fraction of sp³-hybridized carbons (Fsp3) is 0.367. The van der Waals surface area contributed by atoms with E-state index in [9.17, 15) is 23.1 Å². The van der Waals surface area contributed by atoms with E-state index >= 15 is 0 Å². The number of fused-ring (bicyclic) bond motifs is 2. The van der Waals surface area contributed by atoms with E-state index < -0.39 is 18.1 Å². The minimum Gasteiger partial charge on any atom is -0.480 e. The highest BCUT2D eigenvalue weighted by Crippen LogP contribution is 2.34. The van der Waals surface area contributed by atoms with Crippen LogP contribution in [0.4, 0.5) is 18.9 Å². The van der Waals surface area contributed by atoms with Crippen molar-refractivity contribution in [3.63, 3.8) is 0 Å². The van der Waals surface area contributed by atoms with Gasteiger partial charge in [-0.3, -0.25) is 9.69 Å². The van der Waals surface area contributed by atoms with Crippen LogP contribution >= 0.6 is 0 Å². The first-order valence-electron chi connectivity index (χ1n) is 14.1. The summed E-state index contributed by atoms with van der Waals surface area (Å²) in [5, 5.41) is 22.2. The van der Waals surface area contributed by atoms with Gasteiger partial charge in [0.1, 0.15) is 0 Å². The molecule has 44 heavy (non-hydrogen) atoms. The Morgan fingerprint density at radius 2 is 1.66 bits per heavy atom. The van der Waals surface area contributed by atoms with Gasteiger partial charge in [-0.25, -0.2) is 19.3 Å². The molecule has 3 aromatic heterocycles. The van der Waals surface area contributed by atoms with Gasteiger partial charge in [-0.15, -0.1) is 0 Å². The number of anilines is 1. The molecule has 0 saturated carbocycles. The lowest BCUT2D eigenvalue weighted by atomic mass is 9.92. The summed E-state index contributed by atoms with van der Waals surface area (Å²) in [7, 11) is 0. The lowest BCUT2D eigenvalue weighted by molar-refractivity contribution is -0.192. The highest BCUT2D eigenvalue weighted by atomic mass is 19.4. The number of halogens is 3. The van der Waals surface area contributed by atoms with Crippen molar-refractivity contribution < 1.29 is 37.7 Å². The van der Waals surface area contributed by atoms with Crippen molar-refractivity contribution in [3.05, 3.63) is 65.7 Å². The Bertz CT molecular complexity index is 1660. The smallest absolute Gasteiger partial charge is 0.480 e. The quantitative estimate of drug-likeness (QED) is 0.327.